The van der Waals surface area contributed by atoms with E-state index in [-0.39, 0.29) is 10.5 Å². The van der Waals surface area contributed by atoms with Crippen molar-refractivity contribution < 1.29 is 13.2 Å². The van der Waals surface area contributed by atoms with Crippen molar-refractivity contribution in [2.45, 2.75) is 4.90 Å². The van der Waals surface area contributed by atoms with Crippen LogP contribution in [0.25, 0.3) is 18.3 Å². The Bertz CT molecular complexity index is 1280. The van der Waals surface area contributed by atoms with Crippen LogP contribution in [0.15, 0.2) is 56.6 Å². The first-order chi connectivity index (χ1) is 12.7. The molecule has 0 aliphatic carbocycles. The lowest BCUT2D eigenvalue weighted by atomic mass is 10.1. The van der Waals surface area contributed by atoms with Crippen molar-refractivity contribution in [3.63, 3.8) is 0 Å². The molecule has 0 unspecified atom stereocenters. The number of nitrogens with one attached hydrogen (secondary N) is 1. The molecule has 140 valence electrons. The van der Waals surface area contributed by atoms with Crippen LogP contribution in [0.3, 0.4) is 0 Å². The van der Waals surface area contributed by atoms with Crippen molar-refractivity contribution in [1.82, 2.24) is 9.78 Å². The Balaban J connectivity index is 2.15. The summed E-state index contributed by atoms with van der Waals surface area (Å²) in [4.78, 5) is 12.8. The highest BCUT2D eigenvalue weighted by Gasteiger charge is 2.10. The molecule has 0 spiro atoms. The third-order valence-electron chi connectivity index (χ3n) is 3.92. The van der Waals surface area contributed by atoms with Gasteiger partial charge in [-0.3, -0.25) is 9.89 Å². The number of benzene rings is 2. The average molecular weight is 450 g/mol. The molecule has 0 amide bonds. The van der Waals surface area contributed by atoms with Crippen LogP contribution in [0.5, 0.6) is 5.75 Å². The number of aromatic nitrogens is 2. The number of ether oxygens (including phenoxy) is 1. The average Bonchev–Trinajstić information content (AvgIpc) is 2.89. The molecular formula is C18H16BrN3O4S. The van der Waals surface area contributed by atoms with Gasteiger partial charge in [-0.15, -0.1) is 0 Å². The van der Waals surface area contributed by atoms with Gasteiger partial charge in [0.25, 0.3) is 5.56 Å². The Hall–Kier alpha value is -2.62. The molecule has 0 aliphatic heterocycles. The molecule has 7 nitrogen and oxygen atoms in total. The normalized spacial score (nSPS) is 12.3. The van der Waals surface area contributed by atoms with Gasteiger partial charge in [0.1, 0.15) is 5.75 Å². The Morgan fingerprint density at radius 2 is 1.89 bits per heavy atom. The first-order valence-electron chi connectivity index (χ1n) is 7.69. The fourth-order valence-corrected chi connectivity index (χ4v) is 3.48. The van der Waals surface area contributed by atoms with Gasteiger partial charge in [-0.05, 0) is 48.5 Å². The maximum atomic E-state index is 12.8. The second kappa shape index (κ2) is 7.18. The topological polar surface area (TPSA) is 107 Å². The number of primary sulfonamides is 1. The quantitative estimate of drug-likeness (QED) is 0.614. The van der Waals surface area contributed by atoms with Crippen LogP contribution in [0.2, 0.25) is 0 Å². The van der Waals surface area contributed by atoms with Crippen LogP contribution in [0.1, 0.15) is 5.56 Å². The highest BCUT2D eigenvalue weighted by atomic mass is 79.9. The molecule has 3 N–H and O–H groups in total. The lowest BCUT2D eigenvalue weighted by molar-refractivity contribution is 0.413. The molecule has 2 aromatic carbocycles. The van der Waals surface area contributed by atoms with E-state index < -0.39 is 10.0 Å². The van der Waals surface area contributed by atoms with Gasteiger partial charge in [0.15, 0.2) is 0 Å². The Morgan fingerprint density at radius 1 is 1.22 bits per heavy atom. The first-order valence-corrected chi connectivity index (χ1v) is 10.0. The maximum absolute atomic E-state index is 12.8. The number of nitrogens with two attached hydrogens (primary N) is 1. The van der Waals surface area contributed by atoms with Gasteiger partial charge in [0.05, 0.1) is 28.3 Å². The summed E-state index contributed by atoms with van der Waals surface area (Å²) in [6, 6.07) is 11.1. The summed E-state index contributed by atoms with van der Waals surface area (Å²) < 4.78 is 30.2. The molecule has 3 aromatic rings. The number of aromatic amines is 1. The molecule has 0 aliphatic rings. The number of nitrogens with zero attached hydrogens (tertiary/aromatic N) is 1. The van der Waals surface area contributed by atoms with Crippen LogP contribution >= 0.6 is 15.9 Å². The molecule has 1 aromatic heterocycles. The largest absolute Gasteiger partial charge is 0.496 e. The number of hydrogen-bond donors (Lipinski definition) is 2. The van der Waals surface area contributed by atoms with E-state index in [0.29, 0.717) is 27.6 Å². The molecule has 0 radical (unpaired) electrons. The molecule has 3 rings (SSSR count). The second-order valence-corrected chi connectivity index (χ2v) is 8.19. The zero-order chi connectivity index (χ0) is 19.8. The monoisotopic (exact) mass is 449 g/mol. The lowest BCUT2D eigenvalue weighted by Gasteiger charge is -2.04. The number of rotatable bonds is 4. The summed E-state index contributed by atoms with van der Waals surface area (Å²) in [5, 5.41) is 8.76. The predicted octanol–water partition coefficient (Wildman–Crippen LogP) is 0.823. The van der Waals surface area contributed by atoms with Gasteiger partial charge in [0.2, 0.25) is 10.0 Å². The van der Waals surface area contributed by atoms with E-state index >= 15 is 0 Å². The summed E-state index contributed by atoms with van der Waals surface area (Å²) in [5.74, 6) is 0.613. The zero-order valence-electron chi connectivity index (χ0n) is 14.3. The van der Waals surface area contributed by atoms with Crippen LogP contribution in [-0.4, -0.2) is 25.3 Å². The van der Waals surface area contributed by atoms with Crippen LogP contribution in [-0.2, 0) is 10.0 Å². The van der Waals surface area contributed by atoms with Crippen LogP contribution in [0.4, 0.5) is 0 Å². The van der Waals surface area contributed by atoms with E-state index in [9.17, 15) is 13.2 Å². The first kappa shape index (κ1) is 19.2. The predicted molar refractivity (Wildman–Crippen MR) is 107 cm³/mol. The van der Waals surface area contributed by atoms with Crippen molar-refractivity contribution in [1.29, 1.82) is 0 Å². The van der Waals surface area contributed by atoms with Crippen molar-refractivity contribution in [3.05, 3.63) is 73.4 Å². The third kappa shape index (κ3) is 3.90. The molecule has 0 atom stereocenters. The van der Waals surface area contributed by atoms with E-state index in [2.05, 4.69) is 27.6 Å². The van der Waals surface area contributed by atoms with Crippen molar-refractivity contribution >= 4 is 38.6 Å². The van der Waals surface area contributed by atoms with Crippen LogP contribution in [0, 0.1) is 0 Å². The van der Waals surface area contributed by atoms with Crippen molar-refractivity contribution in [2.75, 3.05) is 7.11 Å². The maximum Gasteiger partial charge on any atom is 0.279 e. The van der Waals surface area contributed by atoms with Crippen LogP contribution < -0.4 is 26.0 Å². The van der Waals surface area contributed by atoms with Gasteiger partial charge >= 0.3 is 0 Å². The number of sulfonamides is 1. The smallest absolute Gasteiger partial charge is 0.279 e. The van der Waals surface area contributed by atoms with E-state index in [4.69, 9.17) is 9.88 Å². The fourth-order valence-electron chi connectivity index (χ4n) is 2.58. The lowest BCUT2D eigenvalue weighted by Crippen LogP contribution is -2.34. The summed E-state index contributed by atoms with van der Waals surface area (Å²) in [6.45, 7) is 3.88. The standard InChI is InChI=1S/C18H16BrN3O4S/c1-11-16(10-12-9-13(19)3-8-17(12)26-2)18(23)22(21-11)14-4-6-15(7-5-14)27(20,24)25/h3-10,21H,1H2,2H3,(H2,20,24,25)/b16-10-. The molecule has 0 saturated carbocycles. The van der Waals surface area contributed by atoms with E-state index in [1.54, 1.807) is 19.3 Å². The number of methoxy groups -OCH3 is 1. The molecule has 0 saturated heterocycles. The Morgan fingerprint density at radius 3 is 2.48 bits per heavy atom. The highest BCUT2D eigenvalue weighted by molar-refractivity contribution is 9.10. The minimum Gasteiger partial charge on any atom is -0.496 e. The number of hydrogen-bond acceptors (Lipinski definition) is 4. The van der Waals surface area contributed by atoms with E-state index in [1.165, 1.54) is 28.9 Å². The Kier molecular flexibility index (Phi) is 5.09. The molecule has 27 heavy (non-hydrogen) atoms. The van der Waals surface area contributed by atoms with E-state index in [1.807, 2.05) is 12.1 Å². The zero-order valence-corrected chi connectivity index (χ0v) is 16.7. The summed E-state index contributed by atoms with van der Waals surface area (Å²) in [6.07, 6.45) is 1.68. The summed E-state index contributed by atoms with van der Waals surface area (Å²) in [7, 11) is -2.25. The highest BCUT2D eigenvalue weighted by Crippen LogP contribution is 2.23. The molecule has 0 fully saturated rings. The number of halogens is 1. The summed E-state index contributed by atoms with van der Waals surface area (Å²) in [5.41, 5.74) is 0.841. The van der Waals surface area contributed by atoms with Gasteiger partial charge in [-0.25, -0.2) is 18.2 Å². The van der Waals surface area contributed by atoms with Crippen molar-refractivity contribution in [2.24, 2.45) is 5.14 Å². The molecule has 9 heteroatoms. The fraction of sp³-hybridized carbons (Fsp3) is 0.0556. The SMILES string of the molecule is C=c1[nH]n(-c2ccc(S(N)(=O)=O)cc2)c(=O)/c1=C\c1cc(Br)ccc1OC. The third-order valence-corrected chi connectivity index (χ3v) is 5.34. The molecular weight excluding hydrogens is 434 g/mol. The Labute approximate surface area is 163 Å². The molecule has 1 heterocycles. The minimum atomic E-state index is -3.80. The van der Waals surface area contributed by atoms with Gasteiger partial charge in [-0.2, -0.15) is 0 Å². The van der Waals surface area contributed by atoms with E-state index in [0.717, 1.165) is 4.47 Å². The van der Waals surface area contributed by atoms with Gasteiger partial charge in [-0.1, -0.05) is 22.5 Å². The van der Waals surface area contributed by atoms with Crippen molar-refractivity contribution in [3.8, 4) is 11.4 Å². The van der Waals surface area contributed by atoms with Gasteiger partial charge < -0.3 is 4.74 Å². The van der Waals surface area contributed by atoms with Gasteiger partial charge in [0, 0.05) is 10.0 Å². The summed E-state index contributed by atoms with van der Waals surface area (Å²) >= 11 is 3.40. The second-order valence-electron chi connectivity index (χ2n) is 5.71. The molecule has 0 bridgehead atoms. The minimum absolute atomic E-state index is 0.0358. The number of H-pyrrole nitrogens is 1.